The van der Waals surface area contributed by atoms with Crippen LogP contribution in [0.4, 0.5) is 10.1 Å². The molecule has 0 atom stereocenters. The molecule has 92 valence electrons. The van der Waals surface area contributed by atoms with Crippen molar-refractivity contribution in [1.82, 2.24) is 0 Å². The minimum absolute atomic E-state index is 0.246. The van der Waals surface area contributed by atoms with Gasteiger partial charge in [-0.1, -0.05) is 6.07 Å². The number of carboxylic acids is 1. The molecule has 0 unspecified atom stereocenters. The summed E-state index contributed by atoms with van der Waals surface area (Å²) >= 11 is 0. The standard InChI is InChI=1S/C11H12FNO4/c1-2-17-6-9(14)13-10-7(11(15)16)4-3-5-8(10)12/h3-5H,2,6H2,1H3,(H,13,14)(H,15,16). The van der Waals surface area contributed by atoms with Gasteiger partial charge >= 0.3 is 5.97 Å². The smallest absolute Gasteiger partial charge is 0.337 e. The van der Waals surface area contributed by atoms with Gasteiger partial charge in [0.2, 0.25) is 5.91 Å². The van der Waals surface area contributed by atoms with Crippen molar-refractivity contribution in [2.75, 3.05) is 18.5 Å². The van der Waals surface area contributed by atoms with Crippen LogP contribution in [0.1, 0.15) is 17.3 Å². The summed E-state index contributed by atoms with van der Waals surface area (Å²) in [5.74, 6) is -2.70. The number of rotatable bonds is 5. The van der Waals surface area contributed by atoms with E-state index < -0.39 is 17.7 Å². The van der Waals surface area contributed by atoms with Crippen LogP contribution in [0.25, 0.3) is 0 Å². The van der Waals surface area contributed by atoms with Crippen molar-refractivity contribution in [2.24, 2.45) is 0 Å². The first-order valence-electron chi connectivity index (χ1n) is 4.95. The number of para-hydroxylation sites is 1. The van der Waals surface area contributed by atoms with E-state index in [1.54, 1.807) is 6.92 Å². The normalized spacial score (nSPS) is 10.0. The van der Waals surface area contributed by atoms with E-state index in [1.165, 1.54) is 12.1 Å². The van der Waals surface area contributed by atoms with Crippen LogP contribution in [-0.4, -0.2) is 30.2 Å². The molecule has 0 spiro atoms. The first kappa shape index (κ1) is 13.1. The highest BCUT2D eigenvalue weighted by atomic mass is 19.1. The molecule has 1 rings (SSSR count). The predicted molar refractivity (Wildman–Crippen MR) is 58.5 cm³/mol. The van der Waals surface area contributed by atoms with Gasteiger partial charge in [-0.3, -0.25) is 4.79 Å². The molecule has 0 aliphatic rings. The van der Waals surface area contributed by atoms with E-state index in [0.717, 1.165) is 6.07 Å². The third-order valence-corrected chi connectivity index (χ3v) is 1.95. The van der Waals surface area contributed by atoms with E-state index in [0.29, 0.717) is 6.61 Å². The summed E-state index contributed by atoms with van der Waals surface area (Å²) in [7, 11) is 0. The SMILES string of the molecule is CCOCC(=O)Nc1c(F)cccc1C(=O)O. The highest BCUT2D eigenvalue weighted by Crippen LogP contribution is 2.19. The minimum Gasteiger partial charge on any atom is -0.478 e. The summed E-state index contributed by atoms with van der Waals surface area (Å²) < 4.78 is 18.2. The van der Waals surface area contributed by atoms with Crippen LogP contribution >= 0.6 is 0 Å². The Balaban J connectivity index is 2.89. The summed E-state index contributed by atoms with van der Waals surface area (Å²) in [4.78, 5) is 22.1. The molecular formula is C11H12FNO4. The number of ether oxygens (including phenoxy) is 1. The summed E-state index contributed by atoms with van der Waals surface area (Å²) in [6.45, 7) is 1.80. The van der Waals surface area contributed by atoms with Gasteiger partial charge in [-0.2, -0.15) is 0 Å². The average Bonchev–Trinajstić information content (AvgIpc) is 2.28. The first-order valence-corrected chi connectivity index (χ1v) is 4.95. The molecule has 0 radical (unpaired) electrons. The topological polar surface area (TPSA) is 75.6 Å². The number of carboxylic acid groups (broad SMARTS) is 1. The average molecular weight is 241 g/mol. The molecular weight excluding hydrogens is 229 g/mol. The number of nitrogens with one attached hydrogen (secondary N) is 1. The fourth-order valence-electron chi connectivity index (χ4n) is 1.20. The van der Waals surface area contributed by atoms with E-state index in [-0.39, 0.29) is 17.9 Å². The Bertz CT molecular complexity index is 433. The van der Waals surface area contributed by atoms with Crippen molar-refractivity contribution in [3.63, 3.8) is 0 Å². The Kier molecular flexibility index (Phi) is 4.59. The fourth-order valence-corrected chi connectivity index (χ4v) is 1.20. The first-order chi connectivity index (χ1) is 8.06. The van der Waals surface area contributed by atoms with Gasteiger partial charge in [-0.05, 0) is 19.1 Å². The molecule has 0 aromatic heterocycles. The van der Waals surface area contributed by atoms with E-state index in [9.17, 15) is 14.0 Å². The van der Waals surface area contributed by atoms with Gasteiger partial charge in [0, 0.05) is 6.61 Å². The highest BCUT2D eigenvalue weighted by molar-refractivity contribution is 6.01. The number of aromatic carboxylic acids is 1. The van der Waals surface area contributed by atoms with E-state index >= 15 is 0 Å². The number of benzene rings is 1. The van der Waals surface area contributed by atoms with Gasteiger partial charge in [-0.25, -0.2) is 9.18 Å². The van der Waals surface area contributed by atoms with Crippen molar-refractivity contribution in [2.45, 2.75) is 6.92 Å². The zero-order valence-electron chi connectivity index (χ0n) is 9.20. The molecule has 17 heavy (non-hydrogen) atoms. The molecule has 1 amide bonds. The van der Waals surface area contributed by atoms with E-state index in [1.807, 2.05) is 0 Å². The lowest BCUT2D eigenvalue weighted by molar-refractivity contribution is -0.120. The van der Waals surface area contributed by atoms with E-state index in [4.69, 9.17) is 9.84 Å². The zero-order chi connectivity index (χ0) is 12.8. The quantitative estimate of drug-likeness (QED) is 0.819. The number of halogens is 1. The molecule has 6 heteroatoms. The lowest BCUT2D eigenvalue weighted by Gasteiger charge is -2.09. The zero-order valence-corrected chi connectivity index (χ0v) is 9.20. The molecule has 1 aromatic carbocycles. The number of anilines is 1. The van der Waals surface area contributed by atoms with Crippen molar-refractivity contribution >= 4 is 17.6 Å². The maximum absolute atomic E-state index is 13.4. The van der Waals surface area contributed by atoms with Gasteiger partial charge in [0.15, 0.2) is 0 Å². The molecule has 0 bridgehead atoms. The highest BCUT2D eigenvalue weighted by Gasteiger charge is 2.16. The number of hydrogen-bond acceptors (Lipinski definition) is 3. The van der Waals surface area contributed by atoms with Gasteiger partial charge < -0.3 is 15.2 Å². The molecule has 0 fully saturated rings. The molecule has 0 heterocycles. The van der Waals surface area contributed by atoms with Crippen LogP contribution in [0.2, 0.25) is 0 Å². The molecule has 0 saturated heterocycles. The van der Waals surface area contributed by atoms with Crippen molar-refractivity contribution in [3.8, 4) is 0 Å². The maximum Gasteiger partial charge on any atom is 0.337 e. The van der Waals surface area contributed by atoms with Crippen LogP contribution in [0.15, 0.2) is 18.2 Å². The third-order valence-electron chi connectivity index (χ3n) is 1.95. The lowest BCUT2D eigenvalue weighted by Crippen LogP contribution is -2.20. The van der Waals surface area contributed by atoms with Crippen LogP contribution in [0.5, 0.6) is 0 Å². The summed E-state index contributed by atoms with van der Waals surface area (Å²) in [5, 5.41) is 11.0. The number of hydrogen-bond donors (Lipinski definition) is 2. The third kappa shape index (κ3) is 3.53. The molecule has 0 aliphatic heterocycles. The Morgan fingerprint density at radius 2 is 2.18 bits per heavy atom. The Hall–Kier alpha value is -1.95. The number of carbonyl (C=O) groups is 2. The molecule has 5 nitrogen and oxygen atoms in total. The second kappa shape index (κ2) is 5.95. The molecule has 0 saturated carbocycles. The molecule has 1 aromatic rings. The van der Waals surface area contributed by atoms with Crippen LogP contribution in [0, 0.1) is 5.82 Å². The minimum atomic E-state index is -1.31. The van der Waals surface area contributed by atoms with Crippen LogP contribution < -0.4 is 5.32 Å². The second-order valence-electron chi connectivity index (χ2n) is 3.15. The van der Waals surface area contributed by atoms with Crippen LogP contribution in [0.3, 0.4) is 0 Å². The lowest BCUT2D eigenvalue weighted by atomic mass is 10.1. The number of carbonyl (C=O) groups excluding carboxylic acids is 1. The van der Waals surface area contributed by atoms with Gasteiger partial charge in [0.25, 0.3) is 0 Å². The van der Waals surface area contributed by atoms with Crippen LogP contribution in [-0.2, 0) is 9.53 Å². The maximum atomic E-state index is 13.4. The Labute approximate surface area is 97.2 Å². The Morgan fingerprint density at radius 3 is 2.76 bits per heavy atom. The second-order valence-corrected chi connectivity index (χ2v) is 3.15. The Morgan fingerprint density at radius 1 is 1.47 bits per heavy atom. The van der Waals surface area contributed by atoms with Crippen molar-refractivity contribution in [3.05, 3.63) is 29.6 Å². The molecule has 2 N–H and O–H groups in total. The predicted octanol–water partition coefficient (Wildman–Crippen LogP) is 1.50. The monoisotopic (exact) mass is 241 g/mol. The summed E-state index contributed by atoms with van der Waals surface area (Å²) in [6.07, 6.45) is 0. The summed E-state index contributed by atoms with van der Waals surface area (Å²) in [5.41, 5.74) is -0.639. The number of amides is 1. The van der Waals surface area contributed by atoms with Crippen molar-refractivity contribution < 1.29 is 23.8 Å². The van der Waals surface area contributed by atoms with Gasteiger partial charge in [0.1, 0.15) is 12.4 Å². The van der Waals surface area contributed by atoms with Crippen molar-refractivity contribution in [1.29, 1.82) is 0 Å². The van der Waals surface area contributed by atoms with Gasteiger partial charge in [0.05, 0.1) is 11.3 Å². The largest absolute Gasteiger partial charge is 0.478 e. The van der Waals surface area contributed by atoms with E-state index in [2.05, 4.69) is 5.32 Å². The summed E-state index contributed by atoms with van der Waals surface area (Å²) in [6, 6.07) is 3.54. The fraction of sp³-hybridized carbons (Fsp3) is 0.273. The molecule has 0 aliphatic carbocycles. The van der Waals surface area contributed by atoms with Gasteiger partial charge in [-0.15, -0.1) is 0 Å².